The van der Waals surface area contributed by atoms with Gasteiger partial charge in [0, 0.05) is 44.5 Å². The van der Waals surface area contributed by atoms with E-state index >= 15 is 0 Å². The average Bonchev–Trinajstić information content (AvgIpc) is 3.49. The molecule has 1 aliphatic rings. The summed E-state index contributed by atoms with van der Waals surface area (Å²) < 4.78 is 0. The first kappa shape index (κ1) is 23.1. The van der Waals surface area contributed by atoms with Gasteiger partial charge in [-0.15, -0.1) is 0 Å². The lowest BCUT2D eigenvalue weighted by molar-refractivity contribution is -0.117. The van der Waals surface area contributed by atoms with Gasteiger partial charge in [0.1, 0.15) is 0 Å². The van der Waals surface area contributed by atoms with Crippen molar-refractivity contribution >= 4 is 34.8 Å². The van der Waals surface area contributed by atoms with E-state index in [0.717, 1.165) is 29.8 Å². The molecule has 0 aromatic heterocycles. The van der Waals surface area contributed by atoms with Crippen LogP contribution in [0.2, 0.25) is 5.02 Å². The third kappa shape index (κ3) is 6.23. The quantitative estimate of drug-likeness (QED) is 0.609. The Morgan fingerprint density at radius 1 is 1.10 bits per heavy atom. The summed E-state index contributed by atoms with van der Waals surface area (Å²) in [5.74, 6) is -0.0674. The number of hydrogen-bond acceptors (Lipinski definition) is 3. The Hall–Kier alpha value is -2.53. The van der Waals surface area contributed by atoms with Gasteiger partial charge in [0.2, 0.25) is 5.91 Å². The molecule has 0 radical (unpaired) electrons. The summed E-state index contributed by atoms with van der Waals surface area (Å²) in [4.78, 5) is 29.7. The van der Waals surface area contributed by atoms with E-state index in [1.54, 1.807) is 12.1 Å². The Morgan fingerprint density at radius 3 is 2.35 bits per heavy atom. The molecule has 3 rings (SSSR count). The van der Waals surface area contributed by atoms with Crippen LogP contribution in [0, 0.1) is 5.41 Å². The van der Waals surface area contributed by atoms with Crippen molar-refractivity contribution in [1.29, 1.82) is 0 Å². The molecule has 2 aromatic rings. The first-order valence-corrected chi connectivity index (χ1v) is 11.1. The molecule has 0 aliphatic heterocycles. The molecule has 0 saturated heterocycles. The second kappa shape index (κ2) is 9.31. The summed E-state index contributed by atoms with van der Waals surface area (Å²) >= 11 is 6.30. The largest absolute Gasteiger partial charge is 0.377 e. The molecule has 31 heavy (non-hydrogen) atoms. The second-order valence-electron chi connectivity index (χ2n) is 9.67. The van der Waals surface area contributed by atoms with E-state index in [1.807, 2.05) is 75.0 Å². The maximum atomic E-state index is 13.3. The van der Waals surface area contributed by atoms with Crippen LogP contribution in [0.5, 0.6) is 0 Å². The summed E-state index contributed by atoms with van der Waals surface area (Å²) in [5.41, 5.74) is 3.20. The maximum Gasteiger partial charge on any atom is 0.255 e. The fourth-order valence-corrected chi connectivity index (χ4v) is 3.86. The van der Waals surface area contributed by atoms with E-state index in [1.165, 1.54) is 0 Å². The van der Waals surface area contributed by atoms with Gasteiger partial charge in [0.15, 0.2) is 0 Å². The minimum Gasteiger partial charge on any atom is -0.377 e. The lowest BCUT2D eigenvalue weighted by Gasteiger charge is -2.27. The molecule has 1 saturated carbocycles. The van der Waals surface area contributed by atoms with Gasteiger partial charge in [-0.1, -0.05) is 44.5 Å². The number of nitrogens with one attached hydrogen (secondary N) is 1. The number of anilines is 2. The standard InChI is InChI=1S/C25H32ClN3O2/c1-25(2,3)15-23(30)27-18-10-13-22(28(4)5)17(14-18)16-29(19-11-12-19)24(31)20-8-6-7-9-21(20)26/h6-10,13-14,19H,11-12,15-16H2,1-5H3,(H,27,30). The van der Waals surface area contributed by atoms with E-state index in [0.29, 0.717) is 23.6 Å². The number of benzene rings is 2. The number of rotatable bonds is 7. The number of carbonyl (C=O) groups excluding carboxylic acids is 2. The Balaban J connectivity index is 1.87. The van der Waals surface area contributed by atoms with Crippen LogP contribution in [-0.2, 0) is 11.3 Å². The number of amides is 2. The van der Waals surface area contributed by atoms with E-state index in [9.17, 15) is 9.59 Å². The van der Waals surface area contributed by atoms with Crippen molar-refractivity contribution in [3.8, 4) is 0 Å². The molecule has 0 atom stereocenters. The van der Waals surface area contributed by atoms with Crippen molar-refractivity contribution in [1.82, 2.24) is 4.90 Å². The highest BCUT2D eigenvalue weighted by Gasteiger charge is 2.34. The molecule has 2 amide bonds. The third-order valence-corrected chi connectivity index (χ3v) is 5.56. The SMILES string of the molecule is CN(C)c1ccc(NC(=O)CC(C)(C)C)cc1CN(C(=O)c1ccccc1Cl)C1CC1. The van der Waals surface area contributed by atoms with Crippen LogP contribution in [0.4, 0.5) is 11.4 Å². The van der Waals surface area contributed by atoms with E-state index < -0.39 is 0 Å². The topological polar surface area (TPSA) is 52.7 Å². The van der Waals surface area contributed by atoms with E-state index in [-0.39, 0.29) is 23.3 Å². The van der Waals surface area contributed by atoms with Gasteiger partial charge in [-0.2, -0.15) is 0 Å². The summed E-state index contributed by atoms with van der Waals surface area (Å²) in [6.45, 7) is 6.59. The minimum absolute atomic E-state index is 0.0118. The van der Waals surface area contributed by atoms with Crippen LogP contribution >= 0.6 is 11.6 Å². The highest BCUT2D eigenvalue weighted by Crippen LogP contribution is 2.34. The van der Waals surface area contributed by atoms with Gasteiger partial charge >= 0.3 is 0 Å². The molecule has 5 nitrogen and oxygen atoms in total. The zero-order chi connectivity index (χ0) is 22.8. The minimum atomic E-state index is -0.0827. The van der Waals surface area contributed by atoms with Gasteiger partial charge < -0.3 is 15.1 Å². The van der Waals surface area contributed by atoms with Crippen LogP contribution in [0.25, 0.3) is 0 Å². The number of carbonyl (C=O) groups is 2. The van der Waals surface area contributed by atoms with Crippen molar-refractivity contribution < 1.29 is 9.59 Å². The van der Waals surface area contributed by atoms with Gasteiger partial charge in [0.05, 0.1) is 10.6 Å². The molecule has 6 heteroatoms. The van der Waals surface area contributed by atoms with Crippen molar-refractivity contribution in [3.63, 3.8) is 0 Å². The van der Waals surface area contributed by atoms with E-state index in [4.69, 9.17) is 11.6 Å². The Kier molecular flexibility index (Phi) is 6.95. The molecule has 0 unspecified atom stereocenters. The molecular weight excluding hydrogens is 410 g/mol. The molecule has 2 aromatic carbocycles. The Morgan fingerprint density at radius 2 is 1.77 bits per heavy atom. The molecule has 1 aliphatic carbocycles. The zero-order valence-electron chi connectivity index (χ0n) is 19.0. The Labute approximate surface area is 190 Å². The highest BCUT2D eigenvalue weighted by molar-refractivity contribution is 6.33. The fraction of sp³-hybridized carbons (Fsp3) is 0.440. The van der Waals surface area contributed by atoms with Gasteiger partial charge in [-0.05, 0) is 54.2 Å². The van der Waals surface area contributed by atoms with Crippen LogP contribution in [-0.4, -0.2) is 36.9 Å². The molecule has 0 bridgehead atoms. The summed E-state index contributed by atoms with van der Waals surface area (Å²) in [6, 6.07) is 13.3. The number of nitrogens with zero attached hydrogens (tertiary/aromatic N) is 2. The maximum absolute atomic E-state index is 13.3. The predicted octanol–water partition coefficient (Wildman–Crippen LogP) is 5.59. The van der Waals surface area contributed by atoms with Crippen molar-refractivity contribution in [2.24, 2.45) is 5.41 Å². The summed E-state index contributed by atoms with van der Waals surface area (Å²) in [7, 11) is 3.96. The van der Waals surface area contributed by atoms with Crippen molar-refractivity contribution in [2.45, 2.75) is 52.6 Å². The average molecular weight is 442 g/mol. The molecule has 0 heterocycles. The van der Waals surface area contributed by atoms with Gasteiger partial charge in [0.25, 0.3) is 5.91 Å². The first-order chi connectivity index (χ1) is 14.5. The fourth-order valence-electron chi connectivity index (χ4n) is 3.64. The van der Waals surface area contributed by atoms with Crippen LogP contribution < -0.4 is 10.2 Å². The lowest BCUT2D eigenvalue weighted by atomic mass is 9.92. The molecular formula is C25H32ClN3O2. The number of halogens is 1. The van der Waals surface area contributed by atoms with Crippen LogP contribution in [0.3, 0.4) is 0 Å². The monoisotopic (exact) mass is 441 g/mol. The molecule has 0 spiro atoms. The first-order valence-electron chi connectivity index (χ1n) is 10.7. The molecule has 1 fully saturated rings. The zero-order valence-corrected chi connectivity index (χ0v) is 19.8. The smallest absolute Gasteiger partial charge is 0.255 e. The van der Waals surface area contributed by atoms with Crippen molar-refractivity contribution in [3.05, 3.63) is 58.6 Å². The second-order valence-corrected chi connectivity index (χ2v) is 10.1. The lowest BCUT2D eigenvalue weighted by Crippen LogP contribution is -2.33. The normalized spacial score (nSPS) is 13.6. The number of hydrogen-bond donors (Lipinski definition) is 1. The molecule has 1 N–H and O–H groups in total. The summed E-state index contributed by atoms with van der Waals surface area (Å²) in [5, 5.41) is 3.48. The van der Waals surface area contributed by atoms with Crippen LogP contribution in [0.1, 0.15) is 56.0 Å². The van der Waals surface area contributed by atoms with Crippen LogP contribution in [0.15, 0.2) is 42.5 Å². The predicted molar refractivity (Wildman–Crippen MR) is 128 cm³/mol. The Bertz CT molecular complexity index is 961. The highest BCUT2D eigenvalue weighted by atomic mass is 35.5. The third-order valence-electron chi connectivity index (χ3n) is 5.23. The summed E-state index contributed by atoms with van der Waals surface area (Å²) in [6.07, 6.45) is 2.43. The molecule has 166 valence electrons. The van der Waals surface area contributed by atoms with E-state index in [2.05, 4.69) is 5.32 Å². The van der Waals surface area contributed by atoms with Gasteiger partial charge in [-0.25, -0.2) is 0 Å². The van der Waals surface area contributed by atoms with Crippen molar-refractivity contribution in [2.75, 3.05) is 24.3 Å². The van der Waals surface area contributed by atoms with Gasteiger partial charge in [-0.3, -0.25) is 9.59 Å².